The molecule has 4 rings (SSSR count). The summed E-state index contributed by atoms with van der Waals surface area (Å²) in [7, 11) is 0. The van der Waals surface area contributed by atoms with E-state index in [1.54, 1.807) is 30.3 Å². The van der Waals surface area contributed by atoms with Gasteiger partial charge in [-0.1, -0.05) is 93.9 Å². The molecule has 3 heteroatoms. The van der Waals surface area contributed by atoms with E-state index in [9.17, 15) is 9.90 Å². The van der Waals surface area contributed by atoms with Gasteiger partial charge >= 0.3 is 5.97 Å². The highest BCUT2D eigenvalue weighted by Gasteiger charge is 2.39. The zero-order valence-electron chi connectivity index (χ0n) is 22.1. The minimum Gasteiger partial charge on any atom is -0.478 e. The van der Waals surface area contributed by atoms with Crippen LogP contribution in [0, 0.1) is 6.92 Å². The van der Waals surface area contributed by atoms with Crippen LogP contribution in [0.25, 0.3) is 6.08 Å². The lowest BCUT2D eigenvalue weighted by Gasteiger charge is -2.43. The number of aliphatic hydroxyl groups excluding tert-OH is 1. The SMILES string of the molecule is Cc1ccc(CCc2cc(C(O)/C=C/c3ccc(C(=O)O)cc3)cc3c2C(C)(C)CCC3(C)C)cc1. The van der Waals surface area contributed by atoms with Crippen LogP contribution in [0.2, 0.25) is 0 Å². The van der Waals surface area contributed by atoms with E-state index in [2.05, 4.69) is 71.0 Å². The van der Waals surface area contributed by atoms with Gasteiger partial charge in [0, 0.05) is 0 Å². The number of aromatic carboxylic acids is 1. The molecular formula is C33H38O3. The number of benzene rings is 3. The Morgan fingerprint density at radius 1 is 0.917 bits per heavy atom. The van der Waals surface area contributed by atoms with Crippen LogP contribution in [0.15, 0.2) is 66.7 Å². The molecule has 0 aromatic heterocycles. The van der Waals surface area contributed by atoms with E-state index in [1.165, 1.54) is 27.8 Å². The van der Waals surface area contributed by atoms with E-state index in [-0.39, 0.29) is 16.4 Å². The molecule has 0 fully saturated rings. The molecule has 0 amide bonds. The lowest BCUT2D eigenvalue weighted by molar-refractivity contribution is 0.0697. The van der Waals surface area contributed by atoms with Crippen LogP contribution in [0.1, 0.15) is 95.9 Å². The zero-order valence-corrected chi connectivity index (χ0v) is 22.1. The Morgan fingerprint density at radius 3 is 2.19 bits per heavy atom. The minimum atomic E-state index is -0.941. The van der Waals surface area contributed by atoms with Gasteiger partial charge in [0.2, 0.25) is 0 Å². The highest BCUT2D eigenvalue weighted by atomic mass is 16.4. The average Bonchev–Trinajstić information content (AvgIpc) is 2.85. The molecule has 1 aliphatic rings. The van der Waals surface area contributed by atoms with Crippen molar-refractivity contribution in [1.29, 1.82) is 0 Å². The second-order valence-corrected chi connectivity index (χ2v) is 11.6. The summed E-state index contributed by atoms with van der Waals surface area (Å²) in [6.07, 6.45) is 7.08. The fraction of sp³-hybridized carbons (Fsp3) is 0.364. The van der Waals surface area contributed by atoms with Crippen molar-refractivity contribution >= 4 is 12.0 Å². The fourth-order valence-electron chi connectivity index (χ4n) is 5.40. The van der Waals surface area contributed by atoms with Crippen molar-refractivity contribution in [1.82, 2.24) is 0 Å². The number of carboxylic acid groups (broad SMARTS) is 1. The predicted molar refractivity (Wildman–Crippen MR) is 148 cm³/mol. The summed E-state index contributed by atoms with van der Waals surface area (Å²) in [5.41, 5.74) is 8.92. The van der Waals surface area contributed by atoms with E-state index < -0.39 is 12.1 Å². The minimum absolute atomic E-state index is 0.0512. The van der Waals surface area contributed by atoms with Gasteiger partial charge in [-0.3, -0.25) is 0 Å². The summed E-state index contributed by atoms with van der Waals surface area (Å²) in [4.78, 5) is 11.1. The number of hydrogen-bond acceptors (Lipinski definition) is 2. The molecule has 3 nitrogen and oxygen atoms in total. The van der Waals surface area contributed by atoms with Crippen molar-refractivity contribution in [2.45, 2.75) is 77.2 Å². The van der Waals surface area contributed by atoms with Crippen molar-refractivity contribution in [3.05, 3.63) is 111 Å². The van der Waals surface area contributed by atoms with E-state index in [4.69, 9.17) is 5.11 Å². The number of rotatable bonds is 7. The van der Waals surface area contributed by atoms with Gasteiger partial charge in [-0.25, -0.2) is 4.79 Å². The smallest absolute Gasteiger partial charge is 0.335 e. The fourth-order valence-corrected chi connectivity index (χ4v) is 5.40. The van der Waals surface area contributed by atoms with Gasteiger partial charge in [0.25, 0.3) is 0 Å². The number of aliphatic hydroxyl groups is 1. The molecule has 3 aromatic carbocycles. The molecule has 0 heterocycles. The molecule has 0 saturated heterocycles. The number of carboxylic acids is 1. The van der Waals surface area contributed by atoms with E-state index in [0.29, 0.717) is 0 Å². The van der Waals surface area contributed by atoms with Gasteiger partial charge in [-0.05, 0) is 89.0 Å². The quantitative estimate of drug-likeness (QED) is 0.365. The number of hydrogen-bond donors (Lipinski definition) is 2. The van der Waals surface area contributed by atoms with Gasteiger partial charge in [-0.15, -0.1) is 0 Å². The maximum absolute atomic E-state index is 11.2. The Labute approximate surface area is 215 Å². The van der Waals surface area contributed by atoms with E-state index in [1.807, 2.05) is 6.08 Å². The molecule has 1 atom stereocenters. The molecule has 188 valence electrons. The van der Waals surface area contributed by atoms with Crippen LogP contribution >= 0.6 is 0 Å². The Morgan fingerprint density at radius 2 is 1.56 bits per heavy atom. The lowest BCUT2D eigenvalue weighted by Crippen LogP contribution is -2.35. The summed E-state index contributed by atoms with van der Waals surface area (Å²) in [6, 6.07) is 19.9. The topological polar surface area (TPSA) is 57.5 Å². The monoisotopic (exact) mass is 482 g/mol. The Bertz CT molecular complexity index is 1260. The molecule has 0 spiro atoms. The number of carbonyl (C=O) groups is 1. The van der Waals surface area contributed by atoms with Crippen LogP contribution in [0.5, 0.6) is 0 Å². The standard InChI is InChI=1S/C33H38O3/c1-22-6-8-23(9-7-22)12-16-26-20-27(21-28-30(26)33(4,5)19-18-32(28,2)3)29(34)17-13-24-10-14-25(15-11-24)31(35)36/h6-11,13-15,17,20-21,29,34H,12,16,18-19H2,1-5H3,(H,35,36)/b17-13+. The Hall–Kier alpha value is -3.17. The molecule has 1 aliphatic carbocycles. The first kappa shape index (κ1) is 25.9. The van der Waals surface area contributed by atoms with Crippen LogP contribution in [-0.4, -0.2) is 16.2 Å². The van der Waals surface area contributed by atoms with Gasteiger partial charge in [-0.2, -0.15) is 0 Å². The van der Waals surface area contributed by atoms with Crippen molar-refractivity contribution < 1.29 is 15.0 Å². The first-order valence-electron chi connectivity index (χ1n) is 12.9. The van der Waals surface area contributed by atoms with E-state index in [0.717, 1.165) is 36.8 Å². The summed E-state index contributed by atoms with van der Waals surface area (Å²) in [6.45, 7) is 11.5. The highest BCUT2D eigenvalue weighted by molar-refractivity contribution is 5.87. The third kappa shape index (κ3) is 5.63. The molecule has 2 N–H and O–H groups in total. The second kappa shape index (κ2) is 10.1. The zero-order chi connectivity index (χ0) is 26.1. The molecule has 1 unspecified atom stereocenters. The maximum atomic E-state index is 11.2. The molecule has 0 saturated carbocycles. The summed E-state index contributed by atoms with van der Waals surface area (Å²) in [5.74, 6) is -0.941. The molecule has 3 aromatic rings. The van der Waals surface area contributed by atoms with Crippen LogP contribution < -0.4 is 0 Å². The molecule has 0 bridgehead atoms. The average molecular weight is 483 g/mol. The maximum Gasteiger partial charge on any atom is 0.335 e. The normalized spacial score (nSPS) is 17.1. The molecule has 36 heavy (non-hydrogen) atoms. The summed E-state index contributed by atoms with van der Waals surface area (Å²) >= 11 is 0. The Kier molecular flexibility index (Phi) is 7.24. The van der Waals surface area contributed by atoms with Gasteiger partial charge < -0.3 is 10.2 Å². The summed E-state index contributed by atoms with van der Waals surface area (Å²) in [5, 5.41) is 20.3. The van der Waals surface area contributed by atoms with Crippen molar-refractivity contribution in [2.24, 2.45) is 0 Å². The second-order valence-electron chi connectivity index (χ2n) is 11.6. The Balaban J connectivity index is 1.69. The van der Waals surface area contributed by atoms with E-state index >= 15 is 0 Å². The van der Waals surface area contributed by atoms with Gasteiger partial charge in [0.05, 0.1) is 11.7 Å². The van der Waals surface area contributed by atoms with Crippen LogP contribution in [-0.2, 0) is 23.7 Å². The van der Waals surface area contributed by atoms with Gasteiger partial charge in [0.15, 0.2) is 0 Å². The van der Waals surface area contributed by atoms with Crippen molar-refractivity contribution in [3.63, 3.8) is 0 Å². The van der Waals surface area contributed by atoms with Crippen LogP contribution in [0.4, 0.5) is 0 Å². The summed E-state index contributed by atoms with van der Waals surface area (Å²) < 4.78 is 0. The number of fused-ring (bicyclic) bond motifs is 1. The number of aryl methyl sites for hydroxylation is 3. The first-order valence-corrected chi connectivity index (χ1v) is 12.9. The highest BCUT2D eigenvalue weighted by Crippen LogP contribution is 2.48. The lowest BCUT2D eigenvalue weighted by atomic mass is 9.61. The van der Waals surface area contributed by atoms with Crippen molar-refractivity contribution in [3.8, 4) is 0 Å². The molecular weight excluding hydrogens is 444 g/mol. The molecule has 0 radical (unpaired) electrons. The predicted octanol–water partition coefficient (Wildman–Crippen LogP) is 7.57. The van der Waals surface area contributed by atoms with Gasteiger partial charge in [0.1, 0.15) is 0 Å². The van der Waals surface area contributed by atoms with Crippen LogP contribution in [0.3, 0.4) is 0 Å². The third-order valence-electron chi connectivity index (χ3n) is 7.80. The largest absolute Gasteiger partial charge is 0.478 e. The van der Waals surface area contributed by atoms with Crippen molar-refractivity contribution in [2.75, 3.05) is 0 Å². The first-order chi connectivity index (χ1) is 17.0. The molecule has 0 aliphatic heterocycles. The third-order valence-corrected chi connectivity index (χ3v) is 7.80.